The van der Waals surface area contributed by atoms with Gasteiger partial charge < -0.3 is 18.3 Å². The Morgan fingerprint density at radius 3 is 0.844 bits per heavy atom. The average molecular weight is 827 g/mol. The highest BCUT2D eigenvalue weighted by Gasteiger charge is 2.26. The molecule has 0 atom stereocenters. The first-order valence-electron chi connectivity index (χ1n) is 23.5. The quantitative estimate of drug-likeness (QED) is 0.131. The van der Waals surface area contributed by atoms with Crippen LogP contribution in [0.1, 0.15) is 50.7 Å². The molecule has 9 aromatic carbocycles. The van der Waals surface area contributed by atoms with Crippen molar-refractivity contribution in [2.24, 2.45) is 0 Å². The molecule has 0 saturated carbocycles. The van der Waals surface area contributed by atoms with E-state index < -0.39 is 0 Å². The molecule has 0 fully saturated rings. The lowest BCUT2D eigenvalue weighted by atomic mass is 9.99. The number of fused-ring (bicyclic) bond motifs is 20. The van der Waals surface area contributed by atoms with Gasteiger partial charge in [0.25, 0.3) is 0 Å². The molecular formula is C60H50N4. The topological polar surface area (TPSA) is 19.7 Å². The highest BCUT2D eigenvalue weighted by atomic mass is 15.0. The van der Waals surface area contributed by atoms with Crippen molar-refractivity contribution in [3.63, 3.8) is 0 Å². The third kappa shape index (κ3) is 5.23. The molecule has 13 rings (SSSR count). The van der Waals surface area contributed by atoms with Gasteiger partial charge in [-0.1, -0.05) is 172 Å². The van der Waals surface area contributed by atoms with Gasteiger partial charge in [0, 0.05) is 113 Å². The van der Waals surface area contributed by atoms with Gasteiger partial charge in [-0.3, -0.25) is 0 Å². The summed E-state index contributed by atoms with van der Waals surface area (Å²) < 4.78 is 10.5. The molecule has 64 heavy (non-hydrogen) atoms. The Hall–Kier alpha value is -7.30. The van der Waals surface area contributed by atoms with Crippen molar-refractivity contribution in [2.75, 3.05) is 0 Å². The molecule has 0 amide bonds. The summed E-state index contributed by atoms with van der Waals surface area (Å²) in [5.74, 6) is 0. The minimum atomic E-state index is 0.761. The van der Waals surface area contributed by atoms with Crippen molar-refractivity contribution in [1.29, 1.82) is 0 Å². The summed E-state index contributed by atoms with van der Waals surface area (Å²) in [5, 5.41) is 16.1. The Morgan fingerprint density at radius 1 is 0.281 bits per heavy atom. The normalized spacial score (nSPS) is 12.4. The first kappa shape index (κ1) is 37.3. The Kier molecular flexibility index (Phi) is 8.53. The Balaban J connectivity index is 1.07. The predicted octanol–water partition coefficient (Wildman–Crippen LogP) is 16.1. The number of para-hydroxylation sites is 4. The molecule has 0 bridgehead atoms. The zero-order valence-corrected chi connectivity index (χ0v) is 36.6. The van der Waals surface area contributed by atoms with Crippen LogP contribution < -0.4 is 0 Å². The predicted molar refractivity (Wildman–Crippen MR) is 274 cm³/mol. The van der Waals surface area contributed by atoms with E-state index in [1.165, 1.54) is 120 Å². The third-order valence-electron chi connectivity index (χ3n) is 14.5. The molecule has 0 aliphatic heterocycles. The first-order chi connectivity index (χ1) is 31.7. The summed E-state index contributed by atoms with van der Waals surface area (Å²) in [5.41, 5.74) is 13.3. The summed E-state index contributed by atoms with van der Waals surface area (Å²) in [4.78, 5) is 0. The Bertz CT molecular complexity index is 3740. The molecule has 0 radical (unpaired) electrons. The van der Waals surface area contributed by atoms with E-state index in [-0.39, 0.29) is 0 Å². The fourth-order valence-corrected chi connectivity index (χ4v) is 11.8. The number of hydrogen-bond acceptors (Lipinski definition) is 0. The summed E-state index contributed by atoms with van der Waals surface area (Å²) in [6.07, 6.45) is 4.61. The molecule has 4 heteroatoms. The minimum absolute atomic E-state index is 0.761. The fourth-order valence-electron chi connectivity index (χ4n) is 11.8. The standard InChI is InChI=1S/C60H50N4/c1-3-5-35-61-49-31-17-13-27-45(49)53-55-47-29-15-19-33-51(47)63(59(55)43-25-11-9-23-41(43)57(53)61)37-39-21-7-8-22-40(39)38-64-52-34-20-16-30-48(52)56-54-46-28-14-18-32-50(46)62(36-6-4-2)58(54)42-24-10-12-26-44(42)60(56)64/h7-34H,3-6,35-38H2,1-2H3. The van der Waals surface area contributed by atoms with Crippen molar-refractivity contribution in [2.45, 2.75) is 65.7 Å². The monoisotopic (exact) mass is 826 g/mol. The fraction of sp³-hybridized carbons (Fsp3) is 0.167. The van der Waals surface area contributed by atoms with Crippen molar-refractivity contribution in [3.8, 4) is 0 Å². The molecule has 0 saturated heterocycles. The SMILES string of the molecule is CCCCn1c2ccccc2c2c3c4ccccc4n(Cc4ccccc4Cn4c5ccccc5c5c6c7ccccc7n(CCCC)c6c6ccccc6c54)c3c3ccccc3c21. The van der Waals surface area contributed by atoms with E-state index in [4.69, 9.17) is 0 Å². The van der Waals surface area contributed by atoms with Crippen LogP contribution in [-0.2, 0) is 26.2 Å². The van der Waals surface area contributed by atoms with E-state index in [0.29, 0.717) is 0 Å². The van der Waals surface area contributed by atoms with Gasteiger partial charge in [0.2, 0.25) is 0 Å². The minimum Gasteiger partial charge on any atom is -0.340 e. The lowest BCUT2D eigenvalue weighted by Gasteiger charge is -2.17. The molecular weight excluding hydrogens is 777 g/mol. The van der Waals surface area contributed by atoms with Gasteiger partial charge in [-0.05, 0) is 48.2 Å². The summed E-state index contributed by atoms with van der Waals surface area (Å²) in [7, 11) is 0. The average Bonchev–Trinajstić information content (AvgIpc) is 4.06. The van der Waals surface area contributed by atoms with E-state index in [0.717, 1.165) is 51.9 Å². The van der Waals surface area contributed by atoms with Crippen LogP contribution in [0.3, 0.4) is 0 Å². The van der Waals surface area contributed by atoms with Gasteiger partial charge in [0.1, 0.15) is 0 Å². The molecule has 0 aliphatic rings. The van der Waals surface area contributed by atoms with E-state index in [9.17, 15) is 0 Å². The summed E-state index contributed by atoms with van der Waals surface area (Å²) in [6.45, 7) is 8.13. The van der Waals surface area contributed by atoms with E-state index >= 15 is 0 Å². The third-order valence-corrected chi connectivity index (χ3v) is 14.5. The van der Waals surface area contributed by atoms with Gasteiger partial charge in [-0.25, -0.2) is 0 Å². The van der Waals surface area contributed by atoms with Crippen molar-refractivity contribution < 1.29 is 0 Å². The lowest BCUT2D eigenvalue weighted by Crippen LogP contribution is -2.07. The van der Waals surface area contributed by atoms with Crippen LogP contribution in [0.25, 0.3) is 109 Å². The maximum Gasteiger partial charge on any atom is 0.0582 e. The molecule has 0 N–H and O–H groups in total. The van der Waals surface area contributed by atoms with Crippen LogP contribution in [-0.4, -0.2) is 18.3 Å². The Morgan fingerprint density at radius 2 is 0.531 bits per heavy atom. The molecule has 4 aromatic heterocycles. The van der Waals surface area contributed by atoms with Crippen LogP contribution in [0, 0.1) is 0 Å². The molecule has 310 valence electrons. The second-order valence-electron chi connectivity index (χ2n) is 18.0. The summed E-state index contributed by atoms with van der Waals surface area (Å²) in [6, 6.07) is 64.1. The van der Waals surface area contributed by atoms with Crippen LogP contribution in [0.15, 0.2) is 170 Å². The second kappa shape index (κ2) is 14.6. The lowest BCUT2D eigenvalue weighted by molar-refractivity contribution is 0.666. The molecule has 0 unspecified atom stereocenters. The highest BCUT2D eigenvalue weighted by Crippen LogP contribution is 2.47. The molecule has 4 heterocycles. The molecule has 4 nitrogen and oxygen atoms in total. The maximum absolute atomic E-state index is 2.64. The first-order valence-corrected chi connectivity index (χ1v) is 23.5. The Labute approximate surface area is 372 Å². The molecule has 0 spiro atoms. The van der Waals surface area contributed by atoms with Crippen LogP contribution in [0.4, 0.5) is 0 Å². The van der Waals surface area contributed by atoms with E-state index in [1.807, 2.05) is 0 Å². The number of aromatic nitrogens is 4. The number of aryl methyl sites for hydroxylation is 2. The van der Waals surface area contributed by atoms with Gasteiger partial charge >= 0.3 is 0 Å². The number of rotatable bonds is 10. The van der Waals surface area contributed by atoms with Gasteiger partial charge in [0.05, 0.1) is 22.1 Å². The zero-order valence-electron chi connectivity index (χ0n) is 36.6. The van der Waals surface area contributed by atoms with Gasteiger partial charge in [-0.15, -0.1) is 0 Å². The van der Waals surface area contributed by atoms with Crippen LogP contribution >= 0.6 is 0 Å². The maximum atomic E-state index is 2.64. The van der Waals surface area contributed by atoms with E-state index in [2.05, 4.69) is 202 Å². The second-order valence-corrected chi connectivity index (χ2v) is 18.0. The van der Waals surface area contributed by atoms with Gasteiger partial charge in [-0.2, -0.15) is 0 Å². The molecule has 13 aromatic rings. The van der Waals surface area contributed by atoms with Crippen molar-refractivity contribution >= 4 is 109 Å². The van der Waals surface area contributed by atoms with E-state index in [1.54, 1.807) is 0 Å². The largest absolute Gasteiger partial charge is 0.340 e. The smallest absolute Gasteiger partial charge is 0.0582 e. The number of unbranched alkanes of at least 4 members (excludes halogenated alkanes) is 2. The van der Waals surface area contributed by atoms with Crippen molar-refractivity contribution in [1.82, 2.24) is 18.3 Å². The van der Waals surface area contributed by atoms with Gasteiger partial charge in [0.15, 0.2) is 0 Å². The van der Waals surface area contributed by atoms with Crippen LogP contribution in [0.5, 0.6) is 0 Å². The zero-order chi connectivity index (χ0) is 42.5. The van der Waals surface area contributed by atoms with Crippen molar-refractivity contribution in [3.05, 3.63) is 181 Å². The summed E-state index contributed by atoms with van der Waals surface area (Å²) >= 11 is 0. The number of hydrogen-bond donors (Lipinski definition) is 0. The van der Waals surface area contributed by atoms with Crippen LogP contribution in [0.2, 0.25) is 0 Å². The molecule has 0 aliphatic carbocycles. The number of benzene rings is 9. The number of nitrogens with zero attached hydrogens (tertiary/aromatic N) is 4. The highest BCUT2D eigenvalue weighted by molar-refractivity contribution is 6.38.